The van der Waals surface area contributed by atoms with Gasteiger partial charge in [-0.05, 0) is 18.2 Å². The minimum absolute atomic E-state index is 0.254. The number of hydrogen-bond acceptors (Lipinski definition) is 3. The first-order chi connectivity index (χ1) is 9.02. The van der Waals surface area contributed by atoms with E-state index in [1.165, 1.54) is 0 Å². The average Bonchev–Trinajstić information content (AvgIpc) is 2.79. The number of methoxy groups -OCH3 is 1. The van der Waals surface area contributed by atoms with Crippen molar-refractivity contribution in [1.82, 2.24) is 4.98 Å². The minimum Gasteiger partial charge on any atom is -0.497 e. The van der Waals surface area contributed by atoms with Crippen LogP contribution in [0.25, 0.3) is 10.9 Å². The lowest BCUT2D eigenvalue weighted by molar-refractivity contribution is -0.136. The number of Topliss-reactive ketones (excluding diaryl/α,β-unsaturated/α-hetero) is 1. The fourth-order valence-corrected chi connectivity index (χ4v) is 2.37. The number of H-pyrrole nitrogens is 1. The topological polar surface area (TPSA) is 79.4 Å². The summed E-state index contributed by atoms with van der Waals surface area (Å²) in [5.74, 6) is -0.639. The molecule has 0 aliphatic heterocycles. The van der Waals surface area contributed by atoms with Crippen LogP contribution in [-0.4, -0.2) is 33.8 Å². The van der Waals surface area contributed by atoms with Crippen LogP contribution in [0.5, 0.6) is 5.75 Å². The van der Waals surface area contributed by atoms with Crippen LogP contribution in [0.3, 0.4) is 0 Å². The Balaban J connectivity index is 2.39. The van der Waals surface area contributed by atoms with Crippen molar-refractivity contribution in [2.75, 3.05) is 7.11 Å². The molecule has 2 N–H and O–H groups in total. The van der Waals surface area contributed by atoms with E-state index in [0.717, 1.165) is 10.9 Å². The lowest BCUT2D eigenvalue weighted by Crippen LogP contribution is -2.17. The average molecular weight is 326 g/mol. The Kier molecular flexibility index (Phi) is 3.90. The number of rotatable bonds is 5. The van der Waals surface area contributed by atoms with Gasteiger partial charge in [-0.1, -0.05) is 15.9 Å². The van der Waals surface area contributed by atoms with Crippen molar-refractivity contribution in [1.29, 1.82) is 0 Å². The molecule has 0 saturated heterocycles. The maximum absolute atomic E-state index is 12.2. The molecule has 0 saturated carbocycles. The summed E-state index contributed by atoms with van der Waals surface area (Å²) in [6, 6.07) is 5.35. The maximum Gasteiger partial charge on any atom is 0.304 e. The molecule has 19 heavy (non-hydrogen) atoms. The molecule has 2 rings (SSSR count). The third-order valence-electron chi connectivity index (χ3n) is 2.79. The van der Waals surface area contributed by atoms with Gasteiger partial charge in [0.15, 0.2) is 5.78 Å². The van der Waals surface area contributed by atoms with E-state index < -0.39 is 10.8 Å². The number of carboxylic acids is 1. The van der Waals surface area contributed by atoms with Crippen molar-refractivity contribution in [3.05, 3.63) is 30.0 Å². The summed E-state index contributed by atoms with van der Waals surface area (Å²) in [5.41, 5.74) is 1.26. The number of benzene rings is 1. The highest BCUT2D eigenvalue weighted by atomic mass is 79.9. The molecule has 0 radical (unpaired) electrons. The number of aromatic amines is 1. The highest BCUT2D eigenvalue weighted by Gasteiger charge is 2.22. The molecule has 6 heteroatoms. The van der Waals surface area contributed by atoms with Crippen LogP contribution in [0.1, 0.15) is 16.8 Å². The molecular weight excluding hydrogens is 314 g/mol. The lowest BCUT2D eigenvalue weighted by atomic mass is 10.1. The molecule has 0 aliphatic rings. The van der Waals surface area contributed by atoms with Gasteiger partial charge in [0.25, 0.3) is 0 Å². The second kappa shape index (κ2) is 5.44. The van der Waals surface area contributed by atoms with Gasteiger partial charge in [-0.2, -0.15) is 0 Å². The first kappa shape index (κ1) is 13.6. The number of hydrogen-bond donors (Lipinski definition) is 2. The summed E-state index contributed by atoms with van der Waals surface area (Å²) >= 11 is 3.11. The quantitative estimate of drug-likeness (QED) is 0.654. The van der Waals surface area contributed by atoms with Crippen LogP contribution in [0, 0.1) is 0 Å². The number of aliphatic carboxylic acids is 1. The highest BCUT2D eigenvalue weighted by molar-refractivity contribution is 9.10. The highest BCUT2D eigenvalue weighted by Crippen LogP contribution is 2.26. The molecular formula is C13H12BrNO4. The molecule has 1 heterocycles. The number of ether oxygens (including phenoxy) is 1. The minimum atomic E-state index is -1.02. The number of carboxylic acid groups (broad SMARTS) is 1. The van der Waals surface area contributed by atoms with Crippen LogP contribution in [0.4, 0.5) is 0 Å². The molecule has 1 aromatic heterocycles. The summed E-state index contributed by atoms with van der Waals surface area (Å²) in [6.07, 6.45) is 1.33. The van der Waals surface area contributed by atoms with Gasteiger partial charge in [0.1, 0.15) is 5.75 Å². The standard InChI is InChI=1S/C13H12BrNO4/c1-19-7-2-3-11-8(4-7)9(6-15-11)13(18)10(14)5-12(16)17/h2-4,6,10,15H,5H2,1H3,(H,16,17). The lowest BCUT2D eigenvalue weighted by Gasteiger charge is -2.05. The normalized spacial score (nSPS) is 12.3. The molecule has 0 amide bonds. The number of alkyl halides is 1. The number of carbonyl (C=O) groups excluding carboxylic acids is 1. The van der Waals surface area contributed by atoms with Crippen LogP contribution < -0.4 is 4.74 Å². The summed E-state index contributed by atoms with van der Waals surface area (Å²) in [7, 11) is 1.55. The molecule has 0 fully saturated rings. The van der Waals surface area contributed by atoms with Gasteiger partial charge >= 0.3 is 5.97 Å². The van der Waals surface area contributed by atoms with E-state index in [1.807, 2.05) is 6.07 Å². The summed E-state index contributed by atoms with van der Waals surface area (Å²) in [4.78, 5) is 25.1. The maximum atomic E-state index is 12.2. The monoisotopic (exact) mass is 325 g/mol. The molecule has 5 nitrogen and oxygen atoms in total. The number of carbonyl (C=O) groups is 2. The van der Waals surface area contributed by atoms with Gasteiger partial charge in [0.05, 0.1) is 18.4 Å². The van der Waals surface area contributed by atoms with E-state index in [0.29, 0.717) is 11.3 Å². The predicted octanol–water partition coefficient (Wildman–Crippen LogP) is 2.60. The zero-order valence-corrected chi connectivity index (χ0v) is 11.7. The number of ketones is 1. The third-order valence-corrected chi connectivity index (χ3v) is 3.53. The Labute approximate surface area is 117 Å². The van der Waals surface area contributed by atoms with Crippen molar-refractivity contribution < 1.29 is 19.4 Å². The SMILES string of the molecule is COc1ccc2[nH]cc(C(=O)C(Br)CC(=O)O)c2c1. The van der Waals surface area contributed by atoms with E-state index in [-0.39, 0.29) is 12.2 Å². The van der Waals surface area contributed by atoms with E-state index in [4.69, 9.17) is 9.84 Å². The van der Waals surface area contributed by atoms with Crippen LogP contribution in [0.2, 0.25) is 0 Å². The zero-order valence-electron chi connectivity index (χ0n) is 10.1. The molecule has 0 spiro atoms. The van der Waals surface area contributed by atoms with Gasteiger partial charge in [0.2, 0.25) is 0 Å². The second-order valence-corrected chi connectivity index (χ2v) is 5.15. The number of halogens is 1. The van der Waals surface area contributed by atoms with Crippen molar-refractivity contribution in [2.24, 2.45) is 0 Å². The van der Waals surface area contributed by atoms with Gasteiger partial charge in [-0.25, -0.2) is 0 Å². The van der Waals surface area contributed by atoms with Crippen LogP contribution in [-0.2, 0) is 4.79 Å². The Bertz CT molecular complexity index is 635. The molecule has 0 bridgehead atoms. The predicted molar refractivity (Wildman–Crippen MR) is 74.1 cm³/mol. The summed E-state index contributed by atoms with van der Waals surface area (Å²) in [6.45, 7) is 0. The van der Waals surface area contributed by atoms with Gasteiger partial charge in [0, 0.05) is 22.7 Å². The number of fused-ring (bicyclic) bond motifs is 1. The van der Waals surface area contributed by atoms with E-state index in [1.54, 1.807) is 25.4 Å². The van der Waals surface area contributed by atoms with Crippen molar-refractivity contribution in [3.8, 4) is 5.75 Å². The van der Waals surface area contributed by atoms with Crippen molar-refractivity contribution in [3.63, 3.8) is 0 Å². The van der Waals surface area contributed by atoms with Crippen molar-refractivity contribution >= 4 is 38.6 Å². The van der Waals surface area contributed by atoms with Crippen LogP contribution >= 0.6 is 15.9 Å². The first-order valence-corrected chi connectivity index (χ1v) is 6.49. The molecule has 0 aliphatic carbocycles. The van der Waals surface area contributed by atoms with Crippen molar-refractivity contribution in [2.45, 2.75) is 11.2 Å². The molecule has 1 unspecified atom stereocenters. The number of aromatic nitrogens is 1. The zero-order chi connectivity index (χ0) is 14.0. The van der Waals surface area contributed by atoms with Gasteiger partial charge in [-0.3, -0.25) is 9.59 Å². The summed E-state index contributed by atoms with van der Waals surface area (Å²) < 4.78 is 5.12. The fraction of sp³-hybridized carbons (Fsp3) is 0.231. The molecule has 1 atom stereocenters. The van der Waals surface area contributed by atoms with E-state index in [9.17, 15) is 9.59 Å². The smallest absolute Gasteiger partial charge is 0.304 e. The Hall–Kier alpha value is -1.82. The molecule has 1 aromatic carbocycles. The van der Waals surface area contributed by atoms with Gasteiger partial charge < -0.3 is 14.8 Å². The van der Waals surface area contributed by atoms with E-state index >= 15 is 0 Å². The molecule has 2 aromatic rings. The Morgan fingerprint density at radius 1 is 1.47 bits per heavy atom. The van der Waals surface area contributed by atoms with Gasteiger partial charge in [-0.15, -0.1) is 0 Å². The largest absolute Gasteiger partial charge is 0.497 e. The van der Waals surface area contributed by atoms with E-state index in [2.05, 4.69) is 20.9 Å². The van der Waals surface area contributed by atoms with Crippen LogP contribution in [0.15, 0.2) is 24.4 Å². The number of nitrogens with one attached hydrogen (secondary N) is 1. The summed E-state index contributed by atoms with van der Waals surface area (Å²) in [5, 5.41) is 9.44. The first-order valence-electron chi connectivity index (χ1n) is 5.58. The Morgan fingerprint density at radius 3 is 2.84 bits per heavy atom. The fourth-order valence-electron chi connectivity index (χ4n) is 1.85. The third kappa shape index (κ3) is 2.78. The second-order valence-electron chi connectivity index (χ2n) is 4.04. The Morgan fingerprint density at radius 2 is 2.21 bits per heavy atom. The molecule has 100 valence electrons.